The fraction of sp³-hybridized carbons (Fsp3) is 0.533. The largest absolute Gasteiger partial charge is 0.466 e. The molecule has 0 saturated carbocycles. The first kappa shape index (κ1) is 14.0. The molecule has 1 heterocycles. The molecule has 4 heteroatoms. The number of hydrogen-bond donors (Lipinski definition) is 1. The van der Waals surface area contributed by atoms with Crippen molar-refractivity contribution >= 4 is 5.97 Å². The van der Waals surface area contributed by atoms with Crippen LogP contribution in [0.1, 0.15) is 25.3 Å². The van der Waals surface area contributed by atoms with Crippen molar-refractivity contribution in [3.8, 4) is 0 Å². The Balaban J connectivity index is 2.20. The van der Waals surface area contributed by atoms with Crippen LogP contribution >= 0.6 is 0 Å². The molecule has 2 rings (SSSR count). The van der Waals surface area contributed by atoms with Gasteiger partial charge in [-0.1, -0.05) is 12.1 Å². The third-order valence-electron chi connectivity index (χ3n) is 3.70. The van der Waals surface area contributed by atoms with Gasteiger partial charge in [-0.3, -0.25) is 4.79 Å². The Bertz CT molecular complexity index is 442. The smallest absolute Gasteiger partial charge is 0.312 e. The number of hydrogen-bond acceptors (Lipinski definition) is 3. The molecule has 0 aromatic heterocycles. The predicted molar refractivity (Wildman–Crippen MR) is 71.3 cm³/mol. The van der Waals surface area contributed by atoms with Crippen molar-refractivity contribution < 1.29 is 13.9 Å². The number of ether oxygens (including phenoxy) is 1. The second-order valence-corrected chi connectivity index (χ2v) is 5.06. The minimum atomic E-state index is -0.505. The first-order chi connectivity index (χ1) is 9.16. The number of halogens is 1. The van der Waals surface area contributed by atoms with Crippen LogP contribution in [0, 0.1) is 11.2 Å². The van der Waals surface area contributed by atoms with Crippen molar-refractivity contribution in [2.75, 3.05) is 19.7 Å². The van der Waals surface area contributed by atoms with Gasteiger partial charge in [0.2, 0.25) is 0 Å². The number of benzene rings is 1. The minimum absolute atomic E-state index is 0.152. The Morgan fingerprint density at radius 2 is 2.16 bits per heavy atom. The van der Waals surface area contributed by atoms with Crippen LogP contribution in [0.2, 0.25) is 0 Å². The van der Waals surface area contributed by atoms with Gasteiger partial charge in [0.05, 0.1) is 12.0 Å². The van der Waals surface area contributed by atoms with E-state index in [4.69, 9.17) is 4.74 Å². The number of carbonyl (C=O) groups excluding carboxylic acids is 1. The Hall–Kier alpha value is -1.42. The van der Waals surface area contributed by atoms with Gasteiger partial charge < -0.3 is 10.1 Å². The van der Waals surface area contributed by atoms with E-state index in [0.29, 0.717) is 13.0 Å². The molecule has 0 amide bonds. The molecular weight excluding hydrogens is 245 g/mol. The zero-order valence-electron chi connectivity index (χ0n) is 11.2. The van der Waals surface area contributed by atoms with Crippen molar-refractivity contribution in [2.45, 2.75) is 26.2 Å². The van der Waals surface area contributed by atoms with Crippen molar-refractivity contribution in [3.63, 3.8) is 0 Å². The van der Waals surface area contributed by atoms with Crippen LogP contribution in [0.4, 0.5) is 4.39 Å². The van der Waals surface area contributed by atoms with Gasteiger partial charge in [0.15, 0.2) is 0 Å². The summed E-state index contributed by atoms with van der Waals surface area (Å²) in [4.78, 5) is 12.3. The van der Waals surface area contributed by atoms with E-state index < -0.39 is 5.41 Å². The second-order valence-electron chi connectivity index (χ2n) is 5.06. The van der Waals surface area contributed by atoms with Crippen LogP contribution in [-0.2, 0) is 16.0 Å². The van der Waals surface area contributed by atoms with Crippen LogP contribution in [-0.4, -0.2) is 25.7 Å². The lowest BCUT2D eigenvalue weighted by molar-refractivity contribution is -0.157. The van der Waals surface area contributed by atoms with E-state index in [1.807, 2.05) is 13.0 Å². The molecule has 1 aromatic rings. The van der Waals surface area contributed by atoms with Crippen LogP contribution in [0.5, 0.6) is 0 Å². The van der Waals surface area contributed by atoms with Gasteiger partial charge in [-0.15, -0.1) is 0 Å². The molecule has 0 spiro atoms. The van der Waals surface area contributed by atoms with E-state index in [-0.39, 0.29) is 11.8 Å². The zero-order valence-corrected chi connectivity index (χ0v) is 11.2. The maximum atomic E-state index is 13.3. The number of nitrogens with one attached hydrogen (secondary N) is 1. The number of carbonyl (C=O) groups is 1. The summed E-state index contributed by atoms with van der Waals surface area (Å²) >= 11 is 0. The zero-order chi connectivity index (χ0) is 13.7. The molecule has 3 nitrogen and oxygen atoms in total. The molecule has 1 aliphatic rings. The van der Waals surface area contributed by atoms with Crippen molar-refractivity contribution in [1.29, 1.82) is 0 Å². The Labute approximate surface area is 113 Å². The summed E-state index contributed by atoms with van der Waals surface area (Å²) in [6.45, 7) is 3.80. The quantitative estimate of drug-likeness (QED) is 0.849. The normalized spacial score (nSPS) is 18.0. The molecule has 0 atom stereocenters. The summed E-state index contributed by atoms with van der Waals surface area (Å²) < 4.78 is 18.5. The lowest BCUT2D eigenvalue weighted by Crippen LogP contribution is -2.44. The molecule has 19 heavy (non-hydrogen) atoms. The van der Waals surface area contributed by atoms with Gasteiger partial charge in [0.25, 0.3) is 0 Å². The van der Waals surface area contributed by atoms with Crippen LogP contribution in [0.15, 0.2) is 24.3 Å². The van der Waals surface area contributed by atoms with Crippen molar-refractivity contribution in [1.82, 2.24) is 5.32 Å². The molecule has 1 aliphatic heterocycles. The maximum Gasteiger partial charge on any atom is 0.312 e. The molecule has 0 aliphatic carbocycles. The highest BCUT2D eigenvalue weighted by Gasteiger charge is 2.40. The van der Waals surface area contributed by atoms with Crippen molar-refractivity contribution in [2.24, 2.45) is 5.41 Å². The lowest BCUT2D eigenvalue weighted by Gasteiger charge is -2.35. The average molecular weight is 265 g/mol. The molecule has 1 saturated heterocycles. The van der Waals surface area contributed by atoms with E-state index in [9.17, 15) is 9.18 Å². The van der Waals surface area contributed by atoms with Crippen LogP contribution in [0.3, 0.4) is 0 Å². The highest BCUT2D eigenvalue weighted by atomic mass is 19.1. The van der Waals surface area contributed by atoms with Crippen LogP contribution in [0.25, 0.3) is 0 Å². The molecule has 0 radical (unpaired) electrons. The summed E-state index contributed by atoms with van der Waals surface area (Å²) in [6, 6.07) is 6.47. The Morgan fingerprint density at radius 3 is 2.79 bits per heavy atom. The SMILES string of the molecule is CCOC(=O)C1(Cc2cccc(F)c2)CCNCC1. The van der Waals surface area contributed by atoms with E-state index in [1.54, 1.807) is 6.07 Å². The highest BCUT2D eigenvalue weighted by Crippen LogP contribution is 2.34. The first-order valence-corrected chi connectivity index (χ1v) is 6.79. The molecule has 104 valence electrons. The lowest BCUT2D eigenvalue weighted by atomic mass is 9.74. The van der Waals surface area contributed by atoms with E-state index >= 15 is 0 Å². The highest BCUT2D eigenvalue weighted by molar-refractivity contribution is 5.77. The van der Waals surface area contributed by atoms with Gasteiger partial charge in [0.1, 0.15) is 5.82 Å². The van der Waals surface area contributed by atoms with E-state index in [2.05, 4.69) is 5.32 Å². The monoisotopic (exact) mass is 265 g/mol. The van der Waals surface area contributed by atoms with Gasteiger partial charge in [-0.25, -0.2) is 4.39 Å². The summed E-state index contributed by atoms with van der Waals surface area (Å²) in [5.41, 5.74) is 0.352. The Morgan fingerprint density at radius 1 is 1.42 bits per heavy atom. The number of rotatable bonds is 4. The van der Waals surface area contributed by atoms with Gasteiger partial charge in [0, 0.05) is 0 Å². The van der Waals surface area contributed by atoms with E-state index in [0.717, 1.165) is 31.5 Å². The molecule has 1 fully saturated rings. The summed E-state index contributed by atoms with van der Waals surface area (Å²) in [5, 5.41) is 3.25. The molecule has 1 aromatic carbocycles. The average Bonchev–Trinajstić information content (AvgIpc) is 2.40. The standard InChI is InChI=1S/C15H20FNO2/c1-2-19-14(18)15(6-8-17-9-7-15)11-12-4-3-5-13(16)10-12/h3-5,10,17H,2,6-9,11H2,1H3. The maximum absolute atomic E-state index is 13.3. The van der Waals surface area contributed by atoms with E-state index in [1.165, 1.54) is 12.1 Å². The Kier molecular flexibility index (Phi) is 4.53. The fourth-order valence-electron chi connectivity index (χ4n) is 2.68. The predicted octanol–water partition coefficient (Wildman–Crippen LogP) is 2.30. The van der Waals surface area contributed by atoms with Gasteiger partial charge in [-0.2, -0.15) is 0 Å². The summed E-state index contributed by atoms with van der Waals surface area (Å²) in [7, 11) is 0. The van der Waals surface area contributed by atoms with Crippen molar-refractivity contribution in [3.05, 3.63) is 35.6 Å². The number of piperidine rings is 1. The fourth-order valence-corrected chi connectivity index (χ4v) is 2.68. The first-order valence-electron chi connectivity index (χ1n) is 6.79. The summed E-state index contributed by atoms with van der Waals surface area (Å²) in [6.07, 6.45) is 2.02. The van der Waals surface area contributed by atoms with Gasteiger partial charge in [-0.05, 0) is 57.0 Å². The molecular formula is C15H20FNO2. The molecule has 0 bridgehead atoms. The second kappa shape index (κ2) is 6.15. The van der Waals surface area contributed by atoms with Gasteiger partial charge >= 0.3 is 5.97 Å². The minimum Gasteiger partial charge on any atom is -0.466 e. The van der Waals surface area contributed by atoms with Crippen LogP contribution < -0.4 is 5.32 Å². The topological polar surface area (TPSA) is 38.3 Å². The third kappa shape index (κ3) is 3.32. The summed E-state index contributed by atoms with van der Waals surface area (Å²) in [5.74, 6) is -0.411. The third-order valence-corrected chi connectivity index (χ3v) is 3.70. The molecule has 1 N–H and O–H groups in total. The number of esters is 1. The molecule has 0 unspecified atom stereocenters.